The molecule has 166 valence electrons. The fourth-order valence-corrected chi connectivity index (χ4v) is 3.83. The molecule has 6 nitrogen and oxygen atoms in total. The summed E-state index contributed by atoms with van der Waals surface area (Å²) in [6, 6.07) is 17.4. The molecule has 2 N–H and O–H groups in total. The predicted molar refractivity (Wildman–Crippen MR) is 122 cm³/mol. The maximum Gasteiger partial charge on any atom is 0.251 e. The lowest BCUT2D eigenvalue weighted by molar-refractivity contribution is -0.121. The molecule has 2 amide bonds. The molecule has 31 heavy (non-hydrogen) atoms. The smallest absolute Gasteiger partial charge is 0.251 e. The van der Waals surface area contributed by atoms with E-state index in [9.17, 15) is 9.59 Å². The zero-order valence-electron chi connectivity index (χ0n) is 18.3. The molecular formula is C25H33N3O3. The molecule has 1 aliphatic rings. The lowest BCUT2D eigenvalue weighted by Gasteiger charge is -2.32. The molecule has 2 aromatic carbocycles. The number of rotatable bonds is 10. The quantitative estimate of drug-likeness (QED) is 0.576. The number of hydrogen-bond donors (Lipinski definition) is 2. The van der Waals surface area contributed by atoms with Crippen molar-refractivity contribution in [2.75, 3.05) is 33.3 Å². The number of likely N-dealkylation sites (tertiary alicyclic amines) is 1. The molecule has 0 aliphatic carbocycles. The summed E-state index contributed by atoms with van der Waals surface area (Å²) in [6.45, 7) is 4.31. The first kappa shape index (κ1) is 22.8. The van der Waals surface area contributed by atoms with Crippen LogP contribution in [0.2, 0.25) is 0 Å². The topological polar surface area (TPSA) is 70.7 Å². The van der Waals surface area contributed by atoms with Crippen LogP contribution in [0.1, 0.15) is 41.6 Å². The van der Waals surface area contributed by atoms with Gasteiger partial charge >= 0.3 is 0 Å². The average Bonchev–Trinajstić information content (AvgIpc) is 2.82. The predicted octanol–water partition coefficient (Wildman–Crippen LogP) is 3.23. The summed E-state index contributed by atoms with van der Waals surface area (Å²) >= 11 is 0. The molecule has 0 spiro atoms. The summed E-state index contributed by atoms with van der Waals surface area (Å²) in [7, 11) is 1.68. The Morgan fingerprint density at radius 2 is 1.71 bits per heavy atom. The average molecular weight is 424 g/mol. The van der Waals surface area contributed by atoms with E-state index in [2.05, 4.69) is 27.7 Å². The van der Waals surface area contributed by atoms with Crippen molar-refractivity contribution in [3.8, 4) is 5.75 Å². The molecule has 3 rings (SSSR count). The van der Waals surface area contributed by atoms with Crippen molar-refractivity contribution in [3.63, 3.8) is 0 Å². The molecule has 0 bridgehead atoms. The minimum atomic E-state index is -0.0950. The third kappa shape index (κ3) is 7.72. The first-order chi connectivity index (χ1) is 15.1. The maximum absolute atomic E-state index is 12.1. The number of ether oxygens (including phenoxy) is 1. The Morgan fingerprint density at radius 3 is 2.39 bits per heavy atom. The molecule has 1 fully saturated rings. The third-order valence-electron chi connectivity index (χ3n) is 5.76. The number of benzene rings is 2. The van der Waals surface area contributed by atoms with Crippen molar-refractivity contribution in [2.24, 2.45) is 5.92 Å². The van der Waals surface area contributed by atoms with Crippen LogP contribution < -0.4 is 15.4 Å². The second-order valence-corrected chi connectivity index (χ2v) is 8.10. The Balaban J connectivity index is 1.25. The van der Waals surface area contributed by atoms with Gasteiger partial charge in [-0.05, 0) is 68.1 Å². The Morgan fingerprint density at radius 1 is 1.00 bits per heavy atom. The van der Waals surface area contributed by atoms with Crippen LogP contribution in [-0.2, 0) is 11.3 Å². The van der Waals surface area contributed by atoms with Gasteiger partial charge in [0, 0.05) is 31.6 Å². The monoisotopic (exact) mass is 423 g/mol. The van der Waals surface area contributed by atoms with Crippen LogP contribution in [0, 0.1) is 5.92 Å². The van der Waals surface area contributed by atoms with Crippen molar-refractivity contribution < 1.29 is 14.3 Å². The Hall–Kier alpha value is -2.86. The van der Waals surface area contributed by atoms with Gasteiger partial charge in [0.25, 0.3) is 5.91 Å². The highest BCUT2D eigenvalue weighted by Crippen LogP contribution is 2.19. The Labute approximate surface area is 185 Å². The van der Waals surface area contributed by atoms with E-state index < -0.39 is 0 Å². The summed E-state index contributed by atoms with van der Waals surface area (Å²) < 4.78 is 5.21. The summed E-state index contributed by atoms with van der Waals surface area (Å²) in [6.07, 6.45) is 3.28. The maximum atomic E-state index is 12.1. The van der Waals surface area contributed by atoms with Crippen molar-refractivity contribution in [2.45, 2.75) is 32.2 Å². The highest BCUT2D eigenvalue weighted by atomic mass is 16.5. The van der Waals surface area contributed by atoms with Gasteiger partial charge in [-0.15, -0.1) is 0 Å². The molecule has 0 aromatic heterocycles. The molecule has 6 heteroatoms. The third-order valence-corrected chi connectivity index (χ3v) is 5.76. The Bertz CT molecular complexity index is 816. The minimum absolute atomic E-state index is 0.0645. The number of carbonyl (C=O) groups excluding carboxylic acids is 2. The molecule has 1 saturated heterocycles. The van der Waals surface area contributed by atoms with E-state index in [0.717, 1.165) is 44.8 Å². The standard InChI is InChI=1S/C25H33N3O3/c1-31-23-11-9-21(10-12-23)19-28-16-13-20(14-17-28)18-27-24(29)8-5-15-26-25(30)22-6-3-2-4-7-22/h2-4,6-7,9-12,20H,5,8,13-19H2,1H3,(H,26,30)(H,27,29). The van der Waals surface area contributed by atoms with Crippen molar-refractivity contribution in [1.82, 2.24) is 15.5 Å². The Kier molecular flexibility index (Phi) is 8.91. The second kappa shape index (κ2) is 12.1. The molecule has 2 aromatic rings. The van der Waals surface area contributed by atoms with E-state index in [0.29, 0.717) is 30.9 Å². The van der Waals surface area contributed by atoms with Gasteiger partial charge in [-0.2, -0.15) is 0 Å². The van der Waals surface area contributed by atoms with Gasteiger partial charge in [-0.3, -0.25) is 14.5 Å². The van der Waals surface area contributed by atoms with Crippen molar-refractivity contribution >= 4 is 11.8 Å². The van der Waals surface area contributed by atoms with E-state index in [1.54, 1.807) is 19.2 Å². The van der Waals surface area contributed by atoms with Crippen LogP contribution in [0.15, 0.2) is 54.6 Å². The van der Waals surface area contributed by atoms with Crippen molar-refractivity contribution in [3.05, 3.63) is 65.7 Å². The number of piperidine rings is 1. The largest absolute Gasteiger partial charge is 0.497 e. The van der Waals surface area contributed by atoms with Crippen molar-refractivity contribution in [1.29, 1.82) is 0 Å². The van der Waals surface area contributed by atoms with Gasteiger partial charge < -0.3 is 15.4 Å². The number of hydrogen-bond acceptors (Lipinski definition) is 4. The number of carbonyl (C=O) groups is 2. The van der Waals surface area contributed by atoms with Gasteiger partial charge in [0.1, 0.15) is 5.75 Å². The molecule has 1 aliphatic heterocycles. The van der Waals surface area contributed by atoms with Crippen LogP contribution in [-0.4, -0.2) is 50.0 Å². The van der Waals surface area contributed by atoms with Crippen LogP contribution in [0.5, 0.6) is 5.75 Å². The number of methoxy groups -OCH3 is 1. The van der Waals surface area contributed by atoms with Crippen LogP contribution >= 0.6 is 0 Å². The highest BCUT2D eigenvalue weighted by Gasteiger charge is 2.19. The minimum Gasteiger partial charge on any atom is -0.497 e. The van der Waals surface area contributed by atoms with Crippen LogP contribution in [0.25, 0.3) is 0 Å². The zero-order chi connectivity index (χ0) is 21.9. The number of nitrogens with one attached hydrogen (secondary N) is 2. The van der Waals surface area contributed by atoms with E-state index in [-0.39, 0.29) is 11.8 Å². The second-order valence-electron chi connectivity index (χ2n) is 8.10. The SMILES string of the molecule is COc1ccc(CN2CCC(CNC(=O)CCCNC(=O)c3ccccc3)CC2)cc1. The van der Waals surface area contributed by atoms with E-state index in [1.165, 1.54) is 5.56 Å². The van der Waals surface area contributed by atoms with E-state index in [1.807, 2.05) is 30.3 Å². The van der Waals surface area contributed by atoms with Crippen LogP contribution in [0.4, 0.5) is 0 Å². The highest BCUT2D eigenvalue weighted by molar-refractivity contribution is 5.94. The van der Waals surface area contributed by atoms with Crippen LogP contribution in [0.3, 0.4) is 0 Å². The summed E-state index contributed by atoms with van der Waals surface area (Å²) in [5.74, 6) is 1.39. The fourth-order valence-electron chi connectivity index (χ4n) is 3.83. The summed E-state index contributed by atoms with van der Waals surface area (Å²) in [4.78, 5) is 26.6. The van der Waals surface area contributed by atoms with Gasteiger partial charge in [0.15, 0.2) is 0 Å². The molecule has 0 unspecified atom stereocenters. The normalized spacial score (nSPS) is 14.7. The van der Waals surface area contributed by atoms with E-state index in [4.69, 9.17) is 4.74 Å². The van der Waals surface area contributed by atoms with Gasteiger partial charge in [-0.1, -0.05) is 30.3 Å². The lowest BCUT2D eigenvalue weighted by atomic mass is 9.96. The molecule has 0 saturated carbocycles. The van der Waals surface area contributed by atoms with E-state index >= 15 is 0 Å². The molecule has 0 radical (unpaired) electrons. The summed E-state index contributed by atoms with van der Waals surface area (Å²) in [5.41, 5.74) is 1.94. The molecular weight excluding hydrogens is 390 g/mol. The molecule has 1 heterocycles. The number of amides is 2. The van der Waals surface area contributed by atoms with Gasteiger partial charge in [0.2, 0.25) is 5.91 Å². The number of nitrogens with zero attached hydrogens (tertiary/aromatic N) is 1. The molecule has 0 atom stereocenters. The zero-order valence-corrected chi connectivity index (χ0v) is 18.3. The first-order valence-corrected chi connectivity index (χ1v) is 11.1. The fraction of sp³-hybridized carbons (Fsp3) is 0.440. The first-order valence-electron chi connectivity index (χ1n) is 11.1. The summed E-state index contributed by atoms with van der Waals surface area (Å²) in [5, 5.41) is 5.92. The van der Waals surface area contributed by atoms with Gasteiger partial charge in [-0.25, -0.2) is 0 Å². The lowest BCUT2D eigenvalue weighted by Crippen LogP contribution is -2.38. The van der Waals surface area contributed by atoms with Gasteiger partial charge in [0.05, 0.1) is 7.11 Å².